The van der Waals surface area contributed by atoms with Gasteiger partial charge in [0.15, 0.2) is 5.17 Å². The van der Waals surface area contributed by atoms with Crippen molar-refractivity contribution in [2.75, 3.05) is 39.6 Å². The topological polar surface area (TPSA) is 54.4 Å². The molecule has 2 aromatic rings. The number of hydrogen-bond donors (Lipinski definition) is 0. The van der Waals surface area contributed by atoms with Crippen molar-refractivity contribution in [3.8, 4) is 11.5 Å². The Kier molecular flexibility index (Phi) is 5.89. The Labute approximate surface area is 198 Å². The number of hydrogen-bond acceptors (Lipinski definition) is 6. The minimum atomic E-state index is 0.0508. The zero-order chi connectivity index (χ0) is 22.9. The van der Waals surface area contributed by atoms with Gasteiger partial charge in [0.2, 0.25) is 5.91 Å². The number of carbonyl (C=O) groups is 1. The fourth-order valence-corrected chi connectivity index (χ4v) is 5.61. The summed E-state index contributed by atoms with van der Waals surface area (Å²) >= 11 is 1.80. The Balaban J connectivity index is 1.63. The van der Waals surface area contributed by atoms with Gasteiger partial charge in [-0.15, -0.1) is 0 Å². The first-order valence-corrected chi connectivity index (χ1v) is 12.0. The first-order chi connectivity index (χ1) is 16.1. The minimum absolute atomic E-state index is 0.0508. The van der Waals surface area contributed by atoms with Gasteiger partial charge < -0.3 is 19.3 Å². The molecule has 0 radical (unpaired) electrons. The number of aliphatic imine (C=N–C) groups is 1. The molecule has 2 aromatic carbocycles. The third kappa shape index (κ3) is 4.13. The molecule has 1 unspecified atom stereocenters. The molecule has 0 saturated carbocycles. The molecule has 1 atom stereocenters. The lowest BCUT2D eigenvalue weighted by Gasteiger charge is -2.41. The van der Waals surface area contributed by atoms with E-state index in [0.29, 0.717) is 13.1 Å². The molecule has 5 rings (SSSR count). The molecule has 6 nitrogen and oxygen atoms in total. The van der Waals surface area contributed by atoms with Crippen LogP contribution in [0.15, 0.2) is 70.4 Å². The highest BCUT2D eigenvalue weighted by Crippen LogP contribution is 2.44. The second kappa shape index (κ2) is 8.98. The average Bonchev–Trinajstić information content (AvgIpc) is 3.31. The monoisotopic (exact) mass is 461 g/mol. The summed E-state index contributed by atoms with van der Waals surface area (Å²) in [7, 11) is 3.35. The first-order valence-electron chi connectivity index (χ1n) is 11.0. The van der Waals surface area contributed by atoms with Crippen molar-refractivity contribution >= 4 is 28.9 Å². The van der Waals surface area contributed by atoms with Crippen LogP contribution in [0, 0.1) is 0 Å². The van der Waals surface area contributed by atoms with E-state index in [4.69, 9.17) is 14.5 Å². The van der Waals surface area contributed by atoms with Crippen molar-refractivity contribution in [1.82, 2.24) is 9.80 Å². The summed E-state index contributed by atoms with van der Waals surface area (Å²) in [4.78, 5) is 21.9. The van der Waals surface area contributed by atoms with Crippen LogP contribution in [0.3, 0.4) is 0 Å². The fraction of sp³-hybridized carbons (Fsp3) is 0.308. The Hall–Kier alpha value is -3.19. The van der Waals surface area contributed by atoms with Gasteiger partial charge in [-0.05, 0) is 47.0 Å². The molecule has 7 heteroatoms. The second-order valence-corrected chi connectivity index (χ2v) is 9.37. The van der Waals surface area contributed by atoms with Crippen LogP contribution in [0.1, 0.15) is 24.1 Å². The number of nitrogens with zero attached hydrogens (tertiary/aromatic N) is 3. The second-order valence-electron chi connectivity index (χ2n) is 8.30. The maximum Gasteiger partial charge on any atom is 0.220 e. The number of methoxy groups -OCH3 is 2. The SMILES string of the molecule is COc1ccc(/C=C2\CN(C(C)=O)CC3=C2N=C2SCCN2C3c2ccc(OC)cc2)cc1. The van der Waals surface area contributed by atoms with Crippen LogP contribution >= 0.6 is 11.8 Å². The van der Waals surface area contributed by atoms with Gasteiger partial charge in [-0.3, -0.25) is 4.79 Å². The Morgan fingerprint density at radius 2 is 1.70 bits per heavy atom. The highest BCUT2D eigenvalue weighted by Gasteiger charge is 2.40. The van der Waals surface area contributed by atoms with Gasteiger partial charge in [0, 0.05) is 37.9 Å². The summed E-state index contributed by atoms with van der Waals surface area (Å²) in [5.41, 5.74) is 5.50. The van der Waals surface area contributed by atoms with Gasteiger partial charge in [-0.1, -0.05) is 36.0 Å². The summed E-state index contributed by atoms with van der Waals surface area (Å²) in [5, 5.41) is 1.06. The number of carbonyl (C=O) groups excluding carboxylic acids is 1. The lowest BCUT2D eigenvalue weighted by Crippen LogP contribution is -2.43. The van der Waals surface area contributed by atoms with E-state index in [0.717, 1.165) is 45.8 Å². The van der Waals surface area contributed by atoms with Gasteiger partial charge in [0.1, 0.15) is 11.5 Å². The Bertz CT molecular complexity index is 1150. The predicted octanol–water partition coefficient (Wildman–Crippen LogP) is 4.36. The Morgan fingerprint density at radius 3 is 2.33 bits per heavy atom. The fourth-order valence-electron chi connectivity index (χ4n) is 4.62. The number of benzene rings is 2. The number of ether oxygens (including phenoxy) is 2. The normalized spacial score (nSPS) is 21.0. The predicted molar refractivity (Wildman–Crippen MR) is 133 cm³/mol. The molecule has 3 aliphatic heterocycles. The van der Waals surface area contributed by atoms with E-state index in [1.165, 1.54) is 11.1 Å². The molecular weight excluding hydrogens is 434 g/mol. The first kappa shape index (κ1) is 21.6. The highest BCUT2D eigenvalue weighted by molar-refractivity contribution is 8.14. The van der Waals surface area contributed by atoms with Crippen molar-refractivity contribution in [2.45, 2.75) is 13.0 Å². The number of fused-ring (bicyclic) bond motifs is 1. The molecular formula is C26H27N3O3S. The van der Waals surface area contributed by atoms with Crippen molar-refractivity contribution < 1.29 is 14.3 Å². The summed E-state index contributed by atoms with van der Waals surface area (Å²) in [5.74, 6) is 2.74. The molecule has 0 bridgehead atoms. The van der Waals surface area contributed by atoms with Crippen LogP contribution in [-0.4, -0.2) is 60.5 Å². The summed E-state index contributed by atoms with van der Waals surface area (Å²) in [6.45, 7) is 3.72. The van der Waals surface area contributed by atoms with Crippen LogP contribution in [0.5, 0.6) is 11.5 Å². The molecule has 1 saturated heterocycles. The quantitative estimate of drug-likeness (QED) is 0.677. The van der Waals surface area contributed by atoms with E-state index in [1.807, 2.05) is 41.3 Å². The van der Waals surface area contributed by atoms with Crippen LogP contribution in [0.25, 0.3) is 6.08 Å². The molecule has 1 fully saturated rings. The molecule has 0 spiro atoms. The summed E-state index contributed by atoms with van der Waals surface area (Å²) in [6.07, 6.45) is 2.15. The third-order valence-corrected chi connectivity index (χ3v) is 7.29. The zero-order valence-corrected chi connectivity index (χ0v) is 19.9. The van der Waals surface area contributed by atoms with Crippen LogP contribution in [-0.2, 0) is 4.79 Å². The van der Waals surface area contributed by atoms with Crippen molar-refractivity contribution in [1.29, 1.82) is 0 Å². The zero-order valence-electron chi connectivity index (χ0n) is 19.1. The number of thioether (sulfide) groups is 1. The smallest absolute Gasteiger partial charge is 0.220 e. The standard InChI is InChI=1S/C26H27N3O3S/c1-17(30)28-15-20(14-18-4-8-21(31-2)9-5-18)24-23(16-28)25(29-12-13-33-26(29)27-24)19-6-10-22(32-3)11-7-19/h4-11,14,25H,12-13,15-16H2,1-3H3/b20-14+. The van der Waals surface area contributed by atoms with Gasteiger partial charge in [-0.2, -0.15) is 0 Å². The molecule has 3 heterocycles. The molecule has 0 aromatic heterocycles. The largest absolute Gasteiger partial charge is 0.497 e. The van der Waals surface area contributed by atoms with Crippen LogP contribution in [0.4, 0.5) is 0 Å². The van der Waals surface area contributed by atoms with Crippen molar-refractivity contribution in [3.05, 3.63) is 76.5 Å². The number of rotatable bonds is 4. The van der Waals surface area contributed by atoms with E-state index in [9.17, 15) is 4.79 Å². The summed E-state index contributed by atoms with van der Waals surface area (Å²) in [6, 6.07) is 16.3. The summed E-state index contributed by atoms with van der Waals surface area (Å²) < 4.78 is 10.7. The average molecular weight is 462 g/mol. The molecule has 0 N–H and O–H groups in total. The maximum atomic E-state index is 12.5. The lowest BCUT2D eigenvalue weighted by molar-refractivity contribution is -0.128. The van der Waals surface area contributed by atoms with E-state index in [1.54, 1.807) is 32.9 Å². The van der Waals surface area contributed by atoms with Gasteiger partial charge >= 0.3 is 0 Å². The lowest BCUT2D eigenvalue weighted by atomic mass is 9.88. The van der Waals surface area contributed by atoms with Gasteiger partial charge in [-0.25, -0.2) is 4.99 Å². The van der Waals surface area contributed by atoms with Crippen molar-refractivity contribution in [2.24, 2.45) is 4.99 Å². The molecule has 3 aliphatic rings. The number of amides is 1. The van der Waals surface area contributed by atoms with Crippen LogP contribution in [0.2, 0.25) is 0 Å². The molecule has 33 heavy (non-hydrogen) atoms. The molecule has 0 aliphatic carbocycles. The molecule has 1 amide bonds. The Morgan fingerprint density at radius 1 is 1.03 bits per heavy atom. The maximum absolute atomic E-state index is 12.5. The van der Waals surface area contributed by atoms with Gasteiger partial charge in [0.05, 0.1) is 26.0 Å². The van der Waals surface area contributed by atoms with Crippen molar-refractivity contribution in [3.63, 3.8) is 0 Å². The highest BCUT2D eigenvalue weighted by atomic mass is 32.2. The van der Waals surface area contributed by atoms with Gasteiger partial charge in [0.25, 0.3) is 0 Å². The number of amidine groups is 1. The van der Waals surface area contributed by atoms with E-state index < -0.39 is 0 Å². The third-order valence-electron chi connectivity index (χ3n) is 6.32. The van der Waals surface area contributed by atoms with Crippen LogP contribution < -0.4 is 9.47 Å². The minimum Gasteiger partial charge on any atom is -0.497 e. The van der Waals surface area contributed by atoms with E-state index in [-0.39, 0.29) is 11.9 Å². The molecule has 170 valence electrons. The van der Waals surface area contributed by atoms with E-state index in [2.05, 4.69) is 23.1 Å². The van der Waals surface area contributed by atoms with E-state index >= 15 is 0 Å².